The van der Waals surface area contributed by atoms with E-state index in [1.54, 1.807) is 12.1 Å². The van der Waals surface area contributed by atoms with Gasteiger partial charge in [-0.05, 0) is 57.4 Å². The maximum atomic E-state index is 15.8. The van der Waals surface area contributed by atoms with Gasteiger partial charge in [0.15, 0.2) is 6.39 Å². The predicted molar refractivity (Wildman–Crippen MR) is 138 cm³/mol. The fourth-order valence-electron chi connectivity index (χ4n) is 5.86. The van der Waals surface area contributed by atoms with Crippen molar-refractivity contribution in [3.8, 4) is 0 Å². The third-order valence-electron chi connectivity index (χ3n) is 8.09. The SMILES string of the molecule is C[C@H]1CC[C@H](c2ccccc2)S(=O)(=O)N1Cc1cc(F)c(C2(N(C)Cc3cocn3)CCOCC2)cc1F. The van der Waals surface area contributed by atoms with Gasteiger partial charge in [-0.3, -0.25) is 4.90 Å². The molecule has 2 saturated heterocycles. The van der Waals surface area contributed by atoms with Crippen LogP contribution < -0.4 is 0 Å². The van der Waals surface area contributed by atoms with E-state index in [1.165, 1.54) is 29.1 Å². The minimum Gasteiger partial charge on any atom is -0.451 e. The molecule has 2 aromatic carbocycles. The number of oxazole rings is 1. The highest BCUT2D eigenvalue weighted by Crippen LogP contribution is 2.42. The van der Waals surface area contributed by atoms with Gasteiger partial charge in [0.05, 0.1) is 11.2 Å². The Morgan fingerprint density at radius 2 is 1.84 bits per heavy atom. The van der Waals surface area contributed by atoms with Crippen molar-refractivity contribution >= 4 is 10.0 Å². The highest BCUT2D eigenvalue weighted by atomic mass is 32.2. The first kappa shape index (κ1) is 26.9. The van der Waals surface area contributed by atoms with Crippen LogP contribution in [0.15, 0.2) is 59.5 Å². The van der Waals surface area contributed by atoms with Crippen LogP contribution in [0.25, 0.3) is 0 Å². The lowest BCUT2D eigenvalue weighted by Gasteiger charge is -2.45. The monoisotopic (exact) mass is 545 g/mol. The summed E-state index contributed by atoms with van der Waals surface area (Å²) in [7, 11) is -1.92. The molecule has 2 aliphatic rings. The Kier molecular flexibility index (Phi) is 7.68. The lowest BCUT2D eigenvalue weighted by Crippen LogP contribution is -2.48. The molecule has 0 bridgehead atoms. The quantitative estimate of drug-likeness (QED) is 0.409. The van der Waals surface area contributed by atoms with Gasteiger partial charge in [-0.1, -0.05) is 30.3 Å². The largest absolute Gasteiger partial charge is 0.451 e. The molecule has 0 spiro atoms. The molecule has 1 aromatic heterocycles. The number of ether oxygens (including phenoxy) is 1. The molecule has 3 aromatic rings. The third kappa shape index (κ3) is 5.02. The highest BCUT2D eigenvalue weighted by Gasteiger charge is 2.43. The minimum absolute atomic E-state index is 0.0248. The molecule has 2 aliphatic heterocycles. The van der Waals surface area contributed by atoms with Crippen molar-refractivity contribution in [2.24, 2.45) is 0 Å². The standard InChI is InChI=1S/C28H33F2N3O4S/c1-20-8-9-27(21-6-4-3-5-7-21)38(34,35)33(20)16-22-14-26(30)24(15-25(22)29)28(10-12-36-13-11-28)32(2)17-23-18-37-19-31-23/h3-7,14-15,18-20,27H,8-13,16-17H2,1-2H3/t20-,27+/m0/s1. The van der Waals surface area contributed by atoms with Crippen LogP contribution in [0.1, 0.15) is 60.2 Å². The van der Waals surface area contributed by atoms with Crippen molar-refractivity contribution in [3.05, 3.63) is 89.1 Å². The van der Waals surface area contributed by atoms with Gasteiger partial charge in [-0.2, -0.15) is 4.31 Å². The van der Waals surface area contributed by atoms with Gasteiger partial charge < -0.3 is 9.15 Å². The van der Waals surface area contributed by atoms with Gasteiger partial charge in [-0.15, -0.1) is 0 Å². The molecular formula is C28H33F2N3O4S. The number of aromatic nitrogens is 1. The van der Waals surface area contributed by atoms with Crippen LogP contribution in [0.2, 0.25) is 0 Å². The first-order valence-corrected chi connectivity index (χ1v) is 14.4. The third-order valence-corrected chi connectivity index (χ3v) is 10.5. The smallest absolute Gasteiger partial charge is 0.221 e. The summed E-state index contributed by atoms with van der Waals surface area (Å²) in [4.78, 5) is 6.14. The van der Waals surface area contributed by atoms with E-state index in [0.29, 0.717) is 56.7 Å². The molecule has 2 atom stereocenters. The topological polar surface area (TPSA) is 75.9 Å². The van der Waals surface area contributed by atoms with Crippen LogP contribution in [0.3, 0.4) is 0 Å². The molecule has 204 valence electrons. The van der Waals surface area contributed by atoms with Crippen LogP contribution in [0.4, 0.5) is 8.78 Å². The Hall–Kier alpha value is -2.66. The van der Waals surface area contributed by atoms with Gasteiger partial charge in [0, 0.05) is 43.5 Å². The highest BCUT2D eigenvalue weighted by molar-refractivity contribution is 7.89. The molecule has 38 heavy (non-hydrogen) atoms. The van der Waals surface area contributed by atoms with Gasteiger partial charge in [-0.25, -0.2) is 22.2 Å². The van der Waals surface area contributed by atoms with E-state index in [9.17, 15) is 8.42 Å². The fraction of sp³-hybridized carbons (Fsp3) is 0.464. The minimum atomic E-state index is -3.78. The number of rotatable bonds is 7. The van der Waals surface area contributed by atoms with Gasteiger partial charge in [0.1, 0.15) is 23.1 Å². The number of nitrogens with zero attached hydrogens (tertiary/aromatic N) is 3. The number of sulfonamides is 1. The van der Waals surface area contributed by atoms with Crippen LogP contribution in [-0.2, 0) is 33.4 Å². The number of benzene rings is 2. The van der Waals surface area contributed by atoms with Crippen LogP contribution >= 0.6 is 0 Å². The lowest BCUT2D eigenvalue weighted by atomic mass is 9.80. The molecule has 0 aliphatic carbocycles. The van der Waals surface area contributed by atoms with Crippen molar-refractivity contribution in [2.45, 2.75) is 62.5 Å². The number of halogens is 2. The average molecular weight is 546 g/mol. The van der Waals surface area contributed by atoms with E-state index in [2.05, 4.69) is 4.98 Å². The molecule has 0 amide bonds. The normalized spacial score (nSPS) is 23.5. The molecule has 10 heteroatoms. The zero-order valence-electron chi connectivity index (χ0n) is 21.6. The van der Waals surface area contributed by atoms with Gasteiger partial charge in [0.25, 0.3) is 0 Å². The predicted octanol–water partition coefficient (Wildman–Crippen LogP) is 5.15. The summed E-state index contributed by atoms with van der Waals surface area (Å²) < 4.78 is 70.7. The second kappa shape index (κ2) is 10.8. The molecule has 7 nitrogen and oxygen atoms in total. The van der Waals surface area contributed by atoms with Crippen molar-refractivity contribution < 1.29 is 26.4 Å². The Bertz CT molecular complexity index is 1350. The van der Waals surface area contributed by atoms with Gasteiger partial charge >= 0.3 is 0 Å². The van der Waals surface area contributed by atoms with Crippen molar-refractivity contribution in [1.29, 1.82) is 0 Å². The van der Waals surface area contributed by atoms with E-state index in [1.807, 2.05) is 37.1 Å². The molecule has 0 N–H and O–H groups in total. The molecule has 0 saturated carbocycles. The van der Waals surface area contributed by atoms with E-state index < -0.39 is 32.4 Å². The number of hydrogen-bond acceptors (Lipinski definition) is 6. The van der Waals surface area contributed by atoms with Crippen LogP contribution in [-0.4, -0.2) is 48.9 Å². The van der Waals surface area contributed by atoms with E-state index >= 15 is 8.78 Å². The molecule has 0 unspecified atom stereocenters. The fourth-order valence-corrected chi connectivity index (χ4v) is 8.05. The van der Waals surface area contributed by atoms with Crippen LogP contribution in [0, 0.1) is 11.6 Å². The molecule has 0 radical (unpaired) electrons. The molecule has 3 heterocycles. The van der Waals surface area contributed by atoms with E-state index in [-0.39, 0.29) is 23.7 Å². The Labute approximate surface area is 222 Å². The maximum Gasteiger partial charge on any atom is 0.221 e. The number of hydrogen-bond donors (Lipinski definition) is 0. The van der Waals surface area contributed by atoms with Crippen molar-refractivity contribution in [2.75, 3.05) is 20.3 Å². The maximum absolute atomic E-state index is 15.8. The zero-order valence-corrected chi connectivity index (χ0v) is 22.5. The summed E-state index contributed by atoms with van der Waals surface area (Å²) in [6.45, 7) is 2.81. The Morgan fingerprint density at radius 3 is 2.53 bits per heavy atom. The second-order valence-electron chi connectivity index (χ2n) is 10.3. The van der Waals surface area contributed by atoms with E-state index in [4.69, 9.17) is 9.15 Å². The zero-order chi connectivity index (χ0) is 26.9. The summed E-state index contributed by atoms with van der Waals surface area (Å²) >= 11 is 0. The Morgan fingerprint density at radius 1 is 1.11 bits per heavy atom. The van der Waals surface area contributed by atoms with E-state index in [0.717, 1.165) is 0 Å². The first-order valence-electron chi connectivity index (χ1n) is 12.9. The molecule has 2 fully saturated rings. The summed E-state index contributed by atoms with van der Waals surface area (Å²) in [5.74, 6) is -1.18. The molecular weight excluding hydrogens is 512 g/mol. The Balaban J connectivity index is 1.46. The molecule has 5 rings (SSSR count). The summed E-state index contributed by atoms with van der Waals surface area (Å²) in [5.41, 5.74) is 0.862. The van der Waals surface area contributed by atoms with Crippen molar-refractivity contribution in [1.82, 2.24) is 14.2 Å². The lowest BCUT2D eigenvalue weighted by molar-refractivity contribution is -0.0271. The van der Waals surface area contributed by atoms with Crippen molar-refractivity contribution in [3.63, 3.8) is 0 Å². The second-order valence-corrected chi connectivity index (χ2v) is 12.4. The summed E-state index contributed by atoms with van der Waals surface area (Å²) in [5, 5.41) is -0.706. The van der Waals surface area contributed by atoms with Crippen LogP contribution in [0.5, 0.6) is 0 Å². The van der Waals surface area contributed by atoms with Gasteiger partial charge in [0.2, 0.25) is 10.0 Å². The summed E-state index contributed by atoms with van der Waals surface area (Å²) in [6, 6.07) is 11.2. The summed E-state index contributed by atoms with van der Waals surface area (Å²) in [6.07, 6.45) is 4.96. The first-order chi connectivity index (χ1) is 18.2. The average Bonchev–Trinajstić information content (AvgIpc) is 3.42.